The number of alkyl halides is 4. The van der Waals surface area contributed by atoms with Gasteiger partial charge in [-0.05, 0) is 19.3 Å². The average Bonchev–Trinajstić information content (AvgIpc) is 2.90. The molecule has 0 amide bonds. The van der Waals surface area contributed by atoms with E-state index >= 15 is 0 Å². The highest BCUT2D eigenvalue weighted by Crippen LogP contribution is 2.05. The van der Waals surface area contributed by atoms with Crippen LogP contribution in [0.25, 0.3) is 0 Å². The van der Waals surface area contributed by atoms with Gasteiger partial charge in [-0.2, -0.15) is 0 Å². The third-order valence-corrected chi connectivity index (χ3v) is 5.60. The predicted octanol–water partition coefficient (Wildman–Crippen LogP) is 0.650. The monoisotopic (exact) mass is 624 g/mol. The molecular weight excluding hydrogens is 582 g/mol. The van der Waals surface area contributed by atoms with Crippen molar-refractivity contribution in [1.29, 1.82) is 0 Å². The van der Waals surface area contributed by atoms with Crippen LogP contribution in [0.2, 0.25) is 0 Å². The Hall–Kier alpha value is 0.720. The summed E-state index contributed by atoms with van der Waals surface area (Å²) in [5, 5.41) is 55.4. The summed E-state index contributed by atoms with van der Waals surface area (Å²) >= 11 is 21.6. The molecule has 7 atom stereocenters. The molecule has 0 aliphatic rings. The molecule has 0 rings (SSSR count). The van der Waals surface area contributed by atoms with Crippen LogP contribution >= 0.6 is 46.4 Å². The molecule has 0 saturated carbocycles. The zero-order valence-electron chi connectivity index (χ0n) is 21.2. The largest absolute Gasteiger partial charge is 0.391 e. The van der Waals surface area contributed by atoms with Gasteiger partial charge in [-0.15, -0.1) is 46.4 Å². The van der Waals surface area contributed by atoms with Gasteiger partial charge in [0, 0.05) is 0 Å². The van der Waals surface area contributed by atoms with Crippen molar-refractivity contribution in [3.05, 3.63) is 0 Å². The van der Waals surface area contributed by atoms with Crippen molar-refractivity contribution in [3.8, 4) is 0 Å². The Balaban J connectivity index is 0. The lowest BCUT2D eigenvalue weighted by molar-refractivity contribution is -0.106. The first-order valence-corrected chi connectivity index (χ1v) is 14.1. The fourth-order valence-corrected chi connectivity index (χ4v) is 2.55. The number of hydrogen-bond acceptors (Lipinski definition) is 11. The summed E-state index contributed by atoms with van der Waals surface area (Å²) in [6, 6.07) is 0. The van der Waals surface area contributed by atoms with Crippen LogP contribution in [0.4, 0.5) is 0 Å². The molecule has 0 bridgehead atoms. The molecule has 0 saturated heterocycles. The van der Waals surface area contributed by atoms with E-state index in [1.165, 1.54) is 0 Å². The van der Waals surface area contributed by atoms with E-state index in [0.29, 0.717) is 19.3 Å². The van der Waals surface area contributed by atoms with Gasteiger partial charge in [0.25, 0.3) is 0 Å². The van der Waals surface area contributed by atoms with Crippen LogP contribution in [0.15, 0.2) is 0 Å². The molecule has 0 aliphatic heterocycles. The molecule has 0 heterocycles. The minimum Gasteiger partial charge on any atom is -0.391 e. The normalized spacial score (nSPS) is 17.3. The highest BCUT2D eigenvalue weighted by Gasteiger charge is 2.14. The smallest absolute Gasteiger partial charge is 0.168 e. The molecule has 0 aliphatic carbocycles. The van der Waals surface area contributed by atoms with Crippen LogP contribution in [0, 0.1) is 0 Å². The van der Waals surface area contributed by atoms with Crippen LogP contribution in [0.5, 0.6) is 0 Å². The molecule has 0 aromatic rings. The Bertz CT molecular complexity index is 442. The summed E-state index contributed by atoms with van der Waals surface area (Å²) < 4.78 is 25.8. The first-order chi connectivity index (χ1) is 17.6. The van der Waals surface area contributed by atoms with Gasteiger partial charge in [-0.3, -0.25) is 0 Å². The standard InChI is InChI=1S/C13H26Cl2O6.C9H18Cl2O5/c1-2-10(16)7-19-9-12(21-8-11(17)5-14)3-4-20-13(18)6-15;10-3-8(13)6-15-5-7(12)1-2-16-9(14)4-11/h10-13,16-18H,2-9H2,1H3;7-9,12-14H,1-6H2. The maximum Gasteiger partial charge on any atom is 0.168 e. The Labute approximate surface area is 239 Å². The number of aliphatic hydroxyl groups is 6. The Morgan fingerprint density at radius 1 is 0.514 bits per heavy atom. The number of ether oxygens (including phenoxy) is 5. The fourth-order valence-electron chi connectivity index (χ4n) is 2.19. The van der Waals surface area contributed by atoms with E-state index in [1.54, 1.807) is 0 Å². The van der Waals surface area contributed by atoms with E-state index in [0.717, 1.165) is 0 Å². The molecule has 0 aromatic heterocycles. The lowest BCUT2D eigenvalue weighted by Crippen LogP contribution is -2.29. The number of rotatable bonds is 24. The Morgan fingerprint density at radius 2 is 0.973 bits per heavy atom. The second-order valence-corrected chi connectivity index (χ2v) is 9.13. The molecule has 0 aromatic carbocycles. The third kappa shape index (κ3) is 28.1. The van der Waals surface area contributed by atoms with Gasteiger partial charge < -0.3 is 54.3 Å². The van der Waals surface area contributed by atoms with E-state index in [9.17, 15) is 20.4 Å². The molecule has 0 radical (unpaired) electrons. The summed E-state index contributed by atoms with van der Waals surface area (Å²) in [7, 11) is 0. The fraction of sp³-hybridized carbons (Fsp3) is 1.00. The van der Waals surface area contributed by atoms with E-state index in [4.69, 9.17) is 80.3 Å². The minimum absolute atomic E-state index is 0.00429. The van der Waals surface area contributed by atoms with Gasteiger partial charge in [0.05, 0.1) is 100 Å². The van der Waals surface area contributed by atoms with Gasteiger partial charge >= 0.3 is 0 Å². The van der Waals surface area contributed by atoms with Crippen molar-refractivity contribution in [3.63, 3.8) is 0 Å². The van der Waals surface area contributed by atoms with Gasteiger partial charge in [0.1, 0.15) is 0 Å². The third-order valence-electron chi connectivity index (χ3n) is 4.36. The maximum atomic E-state index is 9.41. The predicted molar refractivity (Wildman–Crippen MR) is 142 cm³/mol. The topological polar surface area (TPSA) is 168 Å². The highest BCUT2D eigenvalue weighted by atomic mass is 35.5. The average molecular weight is 626 g/mol. The van der Waals surface area contributed by atoms with Gasteiger partial charge in [-0.1, -0.05) is 6.92 Å². The van der Waals surface area contributed by atoms with Crippen LogP contribution in [0.1, 0.15) is 26.2 Å². The lowest BCUT2D eigenvalue weighted by Gasteiger charge is -2.21. The molecular formula is C22H44Cl4O11. The van der Waals surface area contributed by atoms with Crippen LogP contribution < -0.4 is 0 Å². The van der Waals surface area contributed by atoms with E-state index in [1.807, 2.05) is 6.92 Å². The summed E-state index contributed by atoms with van der Waals surface area (Å²) in [5.41, 5.74) is 0. The molecule has 37 heavy (non-hydrogen) atoms. The number of halogens is 4. The second-order valence-electron chi connectivity index (χ2n) is 7.90. The quantitative estimate of drug-likeness (QED) is 0.0658. The molecule has 226 valence electrons. The van der Waals surface area contributed by atoms with Crippen LogP contribution in [-0.4, -0.2) is 144 Å². The van der Waals surface area contributed by atoms with Crippen LogP contribution in [-0.2, 0) is 23.7 Å². The van der Waals surface area contributed by atoms with Crippen LogP contribution in [0.3, 0.4) is 0 Å². The lowest BCUT2D eigenvalue weighted by atomic mass is 10.2. The summed E-state index contributed by atoms with van der Waals surface area (Å²) in [5.74, 6) is 0.175. The molecule has 0 spiro atoms. The zero-order valence-corrected chi connectivity index (χ0v) is 24.2. The highest BCUT2D eigenvalue weighted by molar-refractivity contribution is 6.18. The van der Waals surface area contributed by atoms with Crippen molar-refractivity contribution < 1.29 is 54.3 Å². The first kappa shape index (κ1) is 39.9. The van der Waals surface area contributed by atoms with Gasteiger partial charge in [-0.25, -0.2) is 0 Å². The van der Waals surface area contributed by atoms with Crippen molar-refractivity contribution in [2.45, 2.75) is 69.3 Å². The molecule has 6 N–H and O–H groups in total. The second kappa shape index (κ2) is 28.3. The number of hydrogen-bond donors (Lipinski definition) is 6. The Morgan fingerprint density at radius 3 is 1.49 bits per heavy atom. The molecule has 15 heteroatoms. The molecule has 11 nitrogen and oxygen atoms in total. The zero-order chi connectivity index (χ0) is 28.5. The molecule has 7 unspecified atom stereocenters. The van der Waals surface area contributed by atoms with E-state index in [-0.39, 0.29) is 75.9 Å². The summed E-state index contributed by atoms with van der Waals surface area (Å²) in [4.78, 5) is 0. The Kier molecular flexibility index (Phi) is 30.4. The van der Waals surface area contributed by atoms with Gasteiger partial charge in [0.15, 0.2) is 12.6 Å². The first-order valence-electron chi connectivity index (χ1n) is 12.0. The maximum absolute atomic E-state index is 9.41. The van der Waals surface area contributed by atoms with Crippen molar-refractivity contribution in [1.82, 2.24) is 0 Å². The van der Waals surface area contributed by atoms with E-state index in [2.05, 4.69) is 0 Å². The van der Waals surface area contributed by atoms with Gasteiger partial charge in [0.2, 0.25) is 0 Å². The van der Waals surface area contributed by atoms with Crippen molar-refractivity contribution >= 4 is 46.4 Å². The van der Waals surface area contributed by atoms with Crippen molar-refractivity contribution in [2.24, 2.45) is 0 Å². The van der Waals surface area contributed by atoms with E-state index < -0.39 is 37.0 Å². The minimum atomic E-state index is -1.01. The summed E-state index contributed by atoms with van der Waals surface area (Å²) in [6.07, 6.45) is -3.62. The van der Waals surface area contributed by atoms with Crippen molar-refractivity contribution in [2.75, 3.05) is 69.8 Å². The SMILES string of the molecule is CCC(O)COCC(CCOC(O)CCl)OCC(O)CCl.OC(CCl)COCC(O)CCOC(O)CCl. The summed E-state index contributed by atoms with van der Waals surface area (Å²) in [6.45, 7) is 3.05. The number of aliphatic hydroxyl groups excluding tert-OH is 6. The molecule has 0 fully saturated rings.